The minimum Gasteiger partial charge on any atom is -0.394 e. The van der Waals surface area contributed by atoms with E-state index in [4.69, 9.17) is 0 Å². The maximum Gasteiger partial charge on any atom is 0.260 e. The molecule has 0 spiro atoms. The van der Waals surface area contributed by atoms with Crippen LogP contribution in [-0.4, -0.2) is 27.5 Å². The highest BCUT2D eigenvalue weighted by Crippen LogP contribution is 2.20. The lowest BCUT2D eigenvalue weighted by molar-refractivity contribution is -0.125. The smallest absolute Gasteiger partial charge is 0.260 e. The molecule has 0 aliphatic heterocycles. The first-order valence-corrected chi connectivity index (χ1v) is 7.64. The van der Waals surface area contributed by atoms with Crippen molar-refractivity contribution in [2.45, 2.75) is 6.04 Å². The normalized spacial score (nSPS) is 11.9. The van der Waals surface area contributed by atoms with Gasteiger partial charge in [0.2, 0.25) is 0 Å². The summed E-state index contributed by atoms with van der Waals surface area (Å²) in [4.78, 5) is 17.4. The highest BCUT2D eigenvalue weighted by atomic mass is 79.9. The number of nitrogens with zero attached hydrogens (tertiary/aromatic N) is 3. The molecule has 0 radical (unpaired) electrons. The quantitative estimate of drug-likeness (QED) is 0.379. The van der Waals surface area contributed by atoms with Crippen molar-refractivity contribution in [3.05, 3.63) is 70.5 Å². The second kappa shape index (κ2) is 8.22. The van der Waals surface area contributed by atoms with Crippen LogP contribution in [0.4, 0.5) is 0 Å². The summed E-state index contributed by atoms with van der Waals surface area (Å²) in [6.07, 6.45) is 4.63. The minimum atomic E-state index is -0.714. The SMILES string of the molecule is N#CN(C(=O)C=Cc1cccc(Br)n1)[C@@H](CO)c1ccccc1. The van der Waals surface area contributed by atoms with Crippen molar-refractivity contribution in [1.82, 2.24) is 9.88 Å². The molecule has 0 unspecified atom stereocenters. The van der Waals surface area contributed by atoms with Crippen LogP contribution in [0.3, 0.4) is 0 Å². The van der Waals surface area contributed by atoms with Crippen molar-refractivity contribution in [1.29, 1.82) is 5.26 Å². The Kier molecular flexibility index (Phi) is 6.03. The number of halogens is 1. The Morgan fingerprint density at radius 1 is 1.30 bits per heavy atom. The zero-order chi connectivity index (χ0) is 16.7. The maximum absolute atomic E-state index is 12.3. The van der Waals surface area contributed by atoms with Crippen molar-refractivity contribution in [2.75, 3.05) is 6.61 Å². The number of aliphatic hydroxyl groups excluding tert-OH is 1. The second-order valence-electron chi connectivity index (χ2n) is 4.64. The molecule has 2 rings (SSSR count). The predicted molar refractivity (Wildman–Crippen MR) is 89.7 cm³/mol. The number of pyridine rings is 1. The number of aliphatic hydroxyl groups is 1. The van der Waals surface area contributed by atoms with E-state index in [1.165, 1.54) is 12.2 Å². The average molecular weight is 372 g/mol. The number of amides is 1. The summed E-state index contributed by atoms with van der Waals surface area (Å²) in [6, 6.07) is 13.5. The van der Waals surface area contributed by atoms with E-state index in [-0.39, 0.29) is 6.61 Å². The van der Waals surface area contributed by atoms with Gasteiger partial charge in [-0.25, -0.2) is 9.88 Å². The fourth-order valence-electron chi connectivity index (χ4n) is 2.04. The van der Waals surface area contributed by atoms with Gasteiger partial charge in [0.05, 0.1) is 18.3 Å². The lowest BCUT2D eigenvalue weighted by Crippen LogP contribution is -2.31. The molecule has 0 fully saturated rings. The molecule has 0 aliphatic carbocycles. The summed E-state index contributed by atoms with van der Waals surface area (Å²) >= 11 is 3.25. The molecule has 1 N–H and O–H groups in total. The average Bonchev–Trinajstić information content (AvgIpc) is 2.58. The molecule has 1 aromatic carbocycles. The van der Waals surface area contributed by atoms with Crippen LogP contribution in [0.5, 0.6) is 0 Å². The highest BCUT2D eigenvalue weighted by Gasteiger charge is 2.23. The highest BCUT2D eigenvalue weighted by molar-refractivity contribution is 9.10. The van der Waals surface area contributed by atoms with Gasteiger partial charge < -0.3 is 5.11 Å². The number of hydrogen-bond donors (Lipinski definition) is 1. The summed E-state index contributed by atoms with van der Waals surface area (Å²) < 4.78 is 0.654. The molecule has 116 valence electrons. The first-order valence-electron chi connectivity index (χ1n) is 6.85. The van der Waals surface area contributed by atoms with Gasteiger partial charge in [0, 0.05) is 6.08 Å². The standard InChI is InChI=1S/C17H14BrN3O2/c18-16-8-4-7-14(20-16)9-10-17(23)21(12-19)15(11-22)13-5-2-1-3-6-13/h1-10,15,22H,11H2/t15-/m0/s1. The van der Waals surface area contributed by atoms with Gasteiger partial charge in [0.15, 0.2) is 6.19 Å². The van der Waals surface area contributed by atoms with Crippen LogP contribution in [0.2, 0.25) is 0 Å². The van der Waals surface area contributed by atoms with Crippen molar-refractivity contribution in [3.8, 4) is 6.19 Å². The van der Waals surface area contributed by atoms with Gasteiger partial charge >= 0.3 is 0 Å². The molecular weight excluding hydrogens is 358 g/mol. The van der Waals surface area contributed by atoms with Crippen molar-refractivity contribution < 1.29 is 9.90 Å². The molecule has 0 saturated carbocycles. The van der Waals surface area contributed by atoms with Crippen LogP contribution < -0.4 is 0 Å². The second-order valence-corrected chi connectivity index (χ2v) is 5.45. The van der Waals surface area contributed by atoms with E-state index in [0.717, 1.165) is 4.90 Å². The van der Waals surface area contributed by atoms with Crippen molar-refractivity contribution >= 4 is 27.9 Å². The molecule has 0 saturated heterocycles. The molecule has 1 heterocycles. The van der Waals surface area contributed by atoms with E-state index in [1.54, 1.807) is 42.5 Å². The fourth-order valence-corrected chi connectivity index (χ4v) is 2.40. The first-order chi connectivity index (χ1) is 11.2. The Bertz CT molecular complexity index is 741. The van der Waals surface area contributed by atoms with Crippen LogP contribution in [0.25, 0.3) is 6.08 Å². The third kappa shape index (κ3) is 4.49. The number of hydrogen-bond acceptors (Lipinski definition) is 4. The lowest BCUT2D eigenvalue weighted by atomic mass is 10.1. The molecule has 1 atom stereocenters. The third-order valence-electron chi connectivity index (χ3n) is 3.15. The Morgan fingerprint density at radius 3 is 2.65 bits per heavy atom. The molecular formula is C17H14BrN3O2. The number of rotatable bonds is 5. The number of aromatic nitrogens is 1. The molecule has 6 heteroatoms. The third-order valence-corrected chi connectivity index (χ3v) is 3.59. The zero-order valence-electron chi connectivity index (χ0n) is 12.1. The van der Waals surface area contributed by atoms with Gasteiger partial charge in [-0.05, 0) is 39.7 Å². The molecule has 23 heavy (non-hydrogen) atoms. The van der Waals surface area contributed by atoms with E-state index >= 15 is 0 Å². The molecule has 1 aromatic heterocycles. The number of carbonyl (C=O) groups is 1. The summed E-state index contributed by atoms with van der Waals surface area (Å²) in [6.45, 7) is -0.341. The largest absolute Gasteiger partial charge is 0.394 e. The van der Waals surface area contributed by atoms with E-state index in [9.17, 15) is 15.2 Å². The van der Waals surface area contributed by atoms with Crippen LogP contribution in [0.15, 0.2) is 59.2 Å². The number of nitriles is 1. The summed E-state index contributed by atoms with van der Waals surface area (Å²) in [5, 5.41) is 18.9. The molecule has 2 aromatic rings. The van der Waals surface area contributed by atoms with Crippen molar-refractivity contribution in [2.24, 2.45) is 0 Å². The van der Waals surface area contributed by atoms with Gasteiger partial charge in [-0.1, -0.05) is 36.4 Å². The maximum atomic E-state index is 12.3. The fraction of sp³-hybridized carbons (Fsp3) is 0.118. The van der Waals surface area contributed by atoms with E-state index in [0.29, 0.717) is 15.9 Å². The predicted octanol–water partition coefficient (Wildman–Crippen LogP) is 2.90. The Labute approximate surface area is 142 Å². The van der Waals surface area contributed by atoms with Crippen LogP contribution >= 0.6 is 15.9 Å². The first kappa shape index (κ1) is 16.9. The van der Waals surface area contributed by atoms with Gasteiger partial charge in [-0.2, -0.15) is 5.26 Å². The van der Waals surface area contributed by atoms with Crippen LogP contribution in [-0.2, 0) is 4.79 Å². The molecule has 0 aliphatic rings. The zero-order valence-corrected chi connectivity index (χ0v) is 13.7. The molecule has 1 amide bonds. The van der Waals surface area contributed by atoms with E-state index < -0.39 is 11.9 Å². The van der Waals surface area contributed by atoms with Crippen molar-refractivity contribution in [3.63, 3.8) is 0 Å². The van der Waals surface area contributed by atoms with E-state index in [1.807, 2.05) is 12.3 Å². The molecule has 5 nitrogen and oxygen atoms in total. The Hall–Kier alpha value is -2.49. The topological polar surface area (TPSA) is 77.2 Å². The summed E-state index contributed by atoms with van der Waals surface area (Å²) in [7, 11) is 0. The van der Waals surface area contributed by atoms with E-state index in [2.05, 4.69) is 20.9 Å². The monoisotopic (exact) mass is 371 g/mol. The van der Waals surface area contributed by atoms with Gasteiger partial charge in [-0.15, -0.1) is 0 Å². The van der Waals surface area contributed by atoms with Crippen LogP contribution in [0, 0.1) is 11.5 Å². The number of carbonyl (C=O) groups excluding carboxylic acids is 1. The van der Waals surface area contributed by atoms with Gasteiger partial charge in [-0.3, -0.25) is 4.79 Å². The summed E-state index contributed by atoms with van der Waals surface area (Å²) in [5.41, 5.74) is 1.28. The lowest BCUT2D eigenvalue weighted by Gasteiger charge is -2.22. The van der Waals surface area contributed by atoms with Gasteiger partial charge in [0.25, 0.3) is 5.91 Å². The van der Waals surface area contributed by atoms with Gasteiger partial charge in [0.1, 0.15) is 4.60 Å². The van der Waals surface area contributed by atoms with Crippen LogP contribution in [0.1, 0.15) is 17.3 Å². The minimum absolute atomic E-state index is 0.341. The Morgan fingerprint density at radius 2 is 2.04 bits per heavy atom. The number of benzene rings is 1. The Balaban J connectivity index is 2.19. The summed E-state index contributed by atoms with van der Waals surface area (Å²) in [5.74, 6) is -0.517. The molecule has 0 bridgehead atoms.